The Morgan fingerprint density at radius 3 is 2.40 bits per heavy atom. The van der Waals surface area contributed by atoms with Crippen LogP contribution in [0.1, 0.15) is 31.4 Å². The first kappa shape index (κ1) is 20.3. The van der Waals surface area contributed by atoms with Gasteiger partial charge in [-0.3, -0.25) is 4.90 Å². The second kappa shape index (κ2) is 10.1. The van der Waals surface area contributed by atoms with Crippen LogP contribution in [0.3, 0.4) is 0 Å². The summed E-state index contributed by atoms with van der Waals surface area (Å²) in [6.07, 6.45) is 2.30. The molecule has 0 aromatic heterocycles. The lowest BCUT2D eigenvalue weighted by Gasteiger charge is -2.35. The Kier molecular flexibility index (Phi) is 10.2. The van der Waals surface area contributed by atoms with Crippen LogP contribution in [0.15, 0.2) is 18.2 Å². The molecule has 1 aromatic carbocycles. The fourth-order valence-corrected chi connectivity index (χ4v) is 3.11. The minimum atomic E-state index is 0. The van der Waals surface area contributed by atoms with Gasteiger partial charge in [0, 0.05) is 42.3 Å². The SMILES string of the molecule is CCC[C@H](c1ccc(Cl)cc1Cl)N1CCNCC1.Cl.Cl. The molecule has 0 radical (unpaired) electrons. The molecule has 1 N–H and O–H groups in total. The molecule has 0 spiro atoms. The molecule has 0 aliphatic carbocycles. The second-order valence-electron chi connectivity index (χ2n) is 4.76. The van der Waals surface area contributed by atoms with E-state index in [2.05, 4.69) is 23.2 Å². The Hall–Kier alpha value is 0.300. The van der Waals surface area contributed by atoms with E-state index in [0.29, 0.717) is 11.1 Å². The van der Waals surface area contributed by atoms with Crippen molar-refractivity contribution in [2.24, 2.45) is 0 Å². The zero-order valence-corrected chi connectivity index (χ0v) is 14.7. The molecule has 1 fully saturated rings. The molecular formula is C14H22Cl4N2. The van der Waals surface area contributed by atoms with E-state index in [1.807, 2.05) is 12.1 Å². The number of benzene rings is 1. The third-order valence-electron chi connectivity index (χ3n) is 3.48. The van der Waals surface area contributed by atoms with Crippen LogP contribution >= 0.6 is 48.0 Å². The van der Waals surface area contributed by atoms with Crippen molar-refractivity contribution in [1.82, 2.24) is 10.2 Å². The molecule has 20 heavy (non-hydrogen) atoms. The van der Waals surface area contributed by atoms with Crippen LogP contribution in [0.5, 0.6) is 0 Å². The summed E-state index contributed by atoms with van der Waals surface area (Å²) in [5, 5.41) is 4.89. The van der Waals surface area contributed by atoms with Gasteiger partial charge in [0.15, 0.2) is 0 Å². The number of piperazine rings is 1. The predicted molar refractivity (Wildman–Crippen MR) is 93.0 cm³/mol. The number of hydrogen-bond acceptors (Lipinski definition) is 2. The van der Waals surface area contributed by atoms with Gasteiger partial charge in [0.05, 0.1) is 0 Å². The van der Waals surface area contributed by atoms with Crippen molar-refractivity contribution in [2.75, 3.05) is 26.2 Å². The van der Waals surface area contributed by atoms with Crippen LogP contribution in [0, 0.1) is 0 Å². The summed E-state index contributed by atoms with van der Waals surface area (Å²) in [4.78, 5) is 2.52. The number of hydrogen-bond donors (Lipinski definition) is 1. The van der Waals surface area contributed by atoms with Crippen molar-refractivity contribution < 1.29 is 0 Å². The van der Waals surface area contributed by atoms with Gasteiger partial charge < -0.3 is 5.32 Å². The van der Waals surface area contributed by atoms with Gasteiger partial charge in [-0.2, -0.15) is 0 Å². The molecule has 2 nitrogen and oxygen atoms in total. The highest BCUT2D eigenvalue weighted by Crippen LogP contribution is 2.33. The number of nitrogens with zero attached hydrogens (tertiary/aromatic N) is 1. The normalized spacial score (nSPS) is 16.9. The lowest BCUT2D eigenvalue weighted by atomic mass is 10.00. The van der Waals surface area contributed by atoms with Gasteiger partial charge in [-0.05, 0) is 24.1 Å². The van der Waals surface area contributed by atoms with E-state index in [1.165, 1.54) is 5.56 Å². The average Bonchev–Trinajstić information content (AvgIpc) is 2.38. The molecule has 1 atom stereocenters. The molecule has 6 heteroatoms. The predicted octanol–water partition coefficient (Wildman–Crippen LogP) is 4.58. The maximum absolute atomic E-state index is 6.35. The molecule has 116 valence electrons. The topological polar surface area (TPSA) is 15.3 Å². The van der Waals surface area contributed by atoms with Crippen LogP contribution < -0.4 is 5.32 Å². The van der Waals surface area contributed by atoms with Crippen molar-refractivity contribution in [3.05, 3.63) is 33.8 Å². The third-order valence-corrected chi connectivity index (χ3v) is 4.04. The van der Waals surface area contributed by atoms with E-state index in [4.69, 9.17) is 23.2 Å². The Bertz CT molecular complexity index is 395. The maximum atomic E-state index is 6.35. The highest BCUT2D eigenvalue weighted by Gasteiger charge is 2.23. The largest absolute Gasteiger partial charge is 0.314 e. The number of rotatable bonds is 4. The number of halogens is 4. The summed E-state index contributed by atoms with van der Waals surface area (Å²) in [6, 6.07) is 6.28. The molecule has 2 rings (SSSR count). The Morgan fingerprint density at radius 2 is 1.85 bits per heavy atom. The summed E-state index contributed by atoms with van der Waals surface area (Å²) in [6.45, 7) is 6.52. The van der Waals surface area contributed by atoms with Gasteiger partial charge in [-0.25, -0.2) is 0 Å². The first-order valence-corrected chi connectivity index (χ1v) is 7.37. The molecule has 0 saturated carbocycles. The zero-order chi connectivity index (χ0) is 13.0. The van der Waals surface area contributed by atoms with Crippen molar-refractivity contribution in [1.29, 1.82) is 0 Å². The van der Waals surface area contributed by atoms with Gasteiger partial charge in [0.25, 0.3) is 0 Å². The average molecular weight is 360 g/mol. The highest BCUT2D eigenvalue weighted by molar-refractivity contribution is 6.35. The first-order valence-electron chi connectivity index (χ1n) is 6.62. The third kappa shape index (κ3) is 5.25. The lowest BCUT2D eigenvalue weighted by molar-refractivity contribution is 0.164. The minimum Gasteiger partial charge on any atom is -0.314 e. The Balaban J connectivity index is 0.00000180. The lowest BCUT2D eigenvalue weighted by Crippen LogP contribution is -2.45. The Labute approximate surface area is 144 Å². The van der Waals surface area contributed by atoms with Crippen LogP contribution in [0.25, 0.3) is 0 Å². The molecule has 1 aliphatic heterocycles. The van der Waals surface area contributed by atoms with Crippen molar-refractivity contribution >= 4 is 48.0 Å². The molecule has 1 saturated heterocycles. The van der Waals surface area contributed by atoms with Crippen molar-refractivity contribution in [2.45, 2.75) is 25.8 Å². The fourth-order valence-electron chi connectivity index (χ4n) is 2.57. The van der Waals surface area contributed by atoms with Gasteiger partial charge >= 0.3 is 0 Å². The zero-order valence-electron chi connectivity index (χ0n) is 11.6. The van der Waals surface area contributed by atoms with Crippen LogP contribution in [-0.2, 0) is 0 Å². The molecule has 0 unspecified atom stereocenters. The van der Waals surface area contributed by atoms with Crippen LogP contribution in [0.4, 0.5) is 0 Å². The quantitative estimate of drug-likeness (QED) is 0.846. The molecule has 0 amide bonds. The molecule has 0 bridgehead atoms. The van der Waals surface area contributed by atoms with Gasteiger partial charge in [-0.1, -0.05) is 42.6 Å². The Morgan fingerprint density at radius 1 is 1.20 bits per heavy atom. The van der Waals surface area contributed by atoms with Gasteiger partial charge in [-0.15, -0.1) is 24.8 Å². The van der Waals surface area contributed by atoms with E-state index < -0.39 is 0 Å². The summed E-state index contributed by atoms with van der Waals surface area (Å²) in [7, 11) is 0. The first-order chi connectivity index (χ1) is 8.72. The molecule has 1 aliphatic rings. The summed E-state index contributed by atoms with van der Waals surface area (Å²) < 4.78 is 0. The summed E-state index contributed by atoms with van der Waals surface area (Å²) in [5.74, 6) is 0. The summed E-state index contributed by atoms with van der Waals surface area (Å²) in [5.41, 5.74) is 1.21. The molecule has 1 aromatic rings. The standard InChI is InChI=1S/C14H20Cl2N2.2ClH/c1-2-3-14(18-8-6-17-7-9-18)12-5-4-11(15)10-13(12)16;;/h4-5,10,14,17H,2-3,6-9H2,1H3;2*1H/t14-;;/m1../s1. The van der Waals surface area contributed by atoms with Gasteiger partial charge in [0.1, 0.15) is 0 Å². The van der Waals surface area contributed by atoms with E-state index >= 15 is 0 Å². The van der Waals surface area contributed by atoms with Gasteiger partial charge in [0.2, 0.25) is 0 Å². The molecular weight excluding hydrogens is 338 g/mol. The van der Waals surface area contributed by atoms with Crippen LogP contribution in [0.2, 0.25) is 10.0 Å². The van der Waals surface area contributed by atoms with E-state index in [0.717, 1.165) is 44.0 Å². The minimum absolute atomic E-state index is 0. The molecule has 1 heterocycles. The number of nitrogens with one attached hydrogen (secondary N) is 1. The van der Waals surface area contributed by atoms with E-state index in [1.54, 1.807) is 0 Å². The summed E-state index contributed by atoms with van der Waals surface area (Å²) >= 11 is 12.3. The van der Waals surface area contributed by atoms with Crippen molar-refractivity contribution in [3.8, 4) is 0 Å². The van der Waals surface area contributed by atoms with Crippen molar-refractivity contribution in [3.63, 3.8) is 0 Å². The maximum Gasteiger partial charge on any atom is 0.0468 e. The van der Waals surface area contributed by atoms with E-state index in [9.17, 15) is 0 Å². The smallest absolute Gasteiger partial charge is 0.0468 e. The van der Waals surface area contributed by atoms with Crippen LogP contribution in [-0.4, -0.2) is 31.1 Å². The second-order valence-corrected chi connectivity index (χ2v) is 5.60. The fraction of sp³-hybridized carbons (Fsp3) is 0.571. The van der Waals surface area contributed by atoms with E-state index in [-0.39, 0.29) is 24.8 Å². The monoisotopic (exact) mass is 358 g/mol. The highest BCUT2D eigenvalue weighted by atomic mass is 35.5.